The molecule has 2 heterocycles. The fourth-order valence-corrected chi connectivity index (χ4v) is 2.89. The van der Waals surface area contributed by atoms with Crippen molar-refractivity contribution in [2.24, 2.45) is 0 Å². The van der Waals surface area contributed by atoms with Gasteiger partial charge in [0.15, 0.2) is 23.1 Å². The number of carbonyl (C=O) groups excluding carboxylic acids is 1. The third-order valence-corrected chi connectivity index (χ3v) is 4.35. The number of fused-ring (bicyclic) bond motifs is 1. The van der Waals surface area contributed by atoms with Crippen LogP contribution in [0, 0.1) is 0 Å². The summed E-state index contributed by atoms with van der Waals surface area (Å²) < 4.78 is 16.1. The normalized spacial score (nSPS) is 12.2. The molecule has 0 amide bonds. The Morgan fingerprint density at radius 1 is 1.00 bits per heavy atom. The van der Waals surface area contributed by atoms with Crippen LogP contribution in [0.2, 0.25) is 0 Å². The first kappa shape index (κ1) is 19.3. The highest BCUT2D eigenvalue weighted by Crippen LogP contribution is 2.35. The molecule has 0 saturated carbocycles. The van der Waals surface area contributed by atoms with Gasteiger partial charge in [-0.1, -0.05) is 0 Å². The van der Waals surface area contributed by atoms with E-state index in [9.17, 15) is 4.79 Å². The van der Waals surface area contributed by atoms with E-state index in [0.717, 1.165) is 11.4 Å². The Balaban J connectivity index is 1.50. The Morgan fingerprint density at radius 2 is 1.63 bits per heavy atom. The lowest BCUT2D eigenvalue weighted by molar-refractivity contribution is 0.0526. The molecule has 4 N–H and O–H groups in total. The second-order valence-corrected chi connectivity index (χ2v) is 6.39. The van der Waals surface area contributed by atoms with Crippen molar-refractivity contribution in [1.29, 1.82) is 0 Å². The van der Waals surface area contributed by atoms with Gasteiger partial charge in [-0.25, -0.2) is 14.8 Å². The quantitative estimate of drug-likeness (QED) is 0.527. The molecule has 0 aliphatic carbocycles. The molecule has 3 aromatic rings. The Morgan fingerprint density at radius 3 is 2.33 bits per heavy atom. The minimum Gasteiger partial charge on any atom is -0.486 e. The lowest BCUT2D eigenvalue weighted by Crippen LogP contribution is -2.15. The molecular weight excluding hydrogens is 386 g/mol. The first-order valence-corrected chi connectivity index (χ1v) is 9.45. The number of nitrogens with zero attached hydrogens (tertiary/aromatic N) is 2. The van der Waals surface area contributed by atoms with Gasteiger partial charge in [0.1, 0.15) is 25.2 Å². The van der Waals surface area contributed by atoms with E-state index in [-0.39, 0.29) is 5.97 Å². The van der Waals surface area contributed by atoms with E-state index in [2.05, 4.69) is 20.6 Å². The number of hydrogen-bond acceptors (Lipinski definition) is 9. The van der Waals surface area contributed by atoms with Gasteiger partial charge in [0, 0.05) is 17.4 Å². The SMILES string of the molecule is CCOC(=O)c1ccc(Nc2ncnc(Nc3ccc4c(c3)OCCO4)c2N)cc1. The summed E-state index contributed by atoms with van der Waals surface area (Å²) in [7, 11) is 0. The molecule has 30 heavy (non-hydrogen) atoms. The summed E-state index contributed by atoms with van der Waals surface area (Å²) in [5.41, 5.74) is 8.55. The molecule has 4 rings (SSSR count). The zero-order valence-electron chi connectivity index (χ0n) is 16.3. The zero-order chi connectivity index (χ0) is 20.9. The first-order valence-electron chi connectivity index (χ1n) is 9.45. The molecule has 1 aromatic heterocycles. The predicted octanol–water partition coefficient (Wildman–Crippen LogP) is 3.49. The van der Waals surface area contributed by atoms with Crippen molar-refractivity contribution in [2.45, 2.75) is 6.92 Å². The van der Waals surface area contributed by atoms with Gasteiger partial charge in [0.2, 0.25) is 0 Å². The molecule has 0 spiro atoms. The number of esters is 1. The molecule has 0 saturated heterocycles. The number of hydrogen-bond donors (Lipinski definition) is 3. The molecule has 0 fully saturated rings. The average Bonchev–Trinajstić information content (AvgIpc) is 2.77. The van der Waals surface area contributed by atoms with Crippen molar-refractivity contribution < 1.29 is 19.0 Å². The fourth-order valence-electron chi connectivity index (χ4n) is 2.89. The van der Waals surface area contributed by atoms with Gasteiger partial charge >= 0.3 is 5.97 Å². The van der Waals surface area contributed by atoms with E-state index in [1.54, 1.807) is 31.2 Å². The van der Waals surface area contributed by atoms with Crippen molar-refractivity contribution in [3.63, 3.8) is 0 Å². The van der Waals surface area contributed by atoms with Crippen LogP contribution in [0.4, 0.5) is 28.7 Å². The molecular formula is C21H21N5O4. The number of anilines is 5. The predicted molar refractivity (Wildman–Crippen MR) is 113 cm³/mol. The van der Waals surface area contributed by atoms with Crippen LogP contribution in [0.15, 0.2) is 48.8 Å². The van der Waals surface area contributed by atoms with Crippen molar-refractivity contribution in [2.75, 3.05) is 36.2 Å². The number of nitrogens with one attached hydrogen (secondary N) is 2. The number of nitrogens with two attached hydrogens (primary N) is 1. The maximum atomic E-state index is 11.8. The van der Waals surface area contributed by atoms with Crippen LogP contribution in [0.5, 0.6) is 11.5 Å². The summed E-state index contributed by atoms with van der Waals surface area (Å²) >= 11 is 0. The topological polar surface area (TPSA) is 121 Å². The number of ether oxygens (including phenoxy) is 3. The second-order valence-electron chi connectivity index (χ2n) is 6.39. The van der Waals surface area contributed by atoms with E-state index in [1.165, 1.54) is 6.33 Å². The third-order valence-electron chi connectivity index (χ3n) is 4.35. The van der Waals surface area contributed by atoms with Crippen molar-refractivity contribution in [3.05, 3.63) is 54.4 Å². The standard InChI is InChI=1S/C21H21N5O4/c1-2-28-21(27)13-3-5-14(6-4-13)25-19-18(22)20(24-12-23-19)26-15-7-8-16-17(11-15)30-10-9-29-16/h3-8,11-12H,2,9-10,22H2,1H3,(H2,23,24,25,26). The highest BCUT2D eigenvalue weighted by atomic mass is 16.6. The Kier molecular flexibility index (Phi) is 5.51. The monoisotopic (exact) mass is 407 g/mol. The van der Waals surface area contributed by atoms with Gasteiger partial charge in [-0.2, -0.15) is 0 Å². The van der Waals surface area contributed by atoms with Crippen molar-refractivity contribution in [1.82, 2.24) is 9.97 Å². The van der Waals surface area contributed by atoms with Crippen LogP contribution in [-0.4, -0.2) is 35.8 Å². The second kappa shape index (κ2) is 8.56. The van der Waals surface area contributed by atoms with E-state index < -0.39 is 0 Å². The Labute approximate surface area is 173 Å². The summed E-state index contributed by atoms with van der Waals surface area (Å²) in [5, 5.41) is 6.31. The van der Waals surface area contributed by atoms with Gasteiger partial charge in [0.05, 0.1) is 12.2 Å². The van der Waals surface area contributed by atoms with E-state index in [1.807, 2.05) is 18.2 Å². The largest absolute Gasteiger partial charge is 0.486 e. The van der Waals surface area contributed by atoms with Crippen LogP contribution in [-0.2, 0) is 4.74 Å². The fraction of sp³-hybridized carbons (Fsp3) is 0.190. The van der Waals surface area contributed by atoms with E-state index >= 15 is 0 Å². The van der Waals surface area contributed by atoms with Gasteiger partial charge in [-0.05, 0) is 43.3 Å². The van der Waals surface area contributed by atoms with Crippen LogP contribution in [0.25, 0.3) is 0 Å². The number of rotatable bonds is 6. The average molecular weight is 407 g/mol. The third kappa shape index (κ3) is 4.19. The number of carbonyl (C=O) groups is 1. The van der Waals surface area contributed by atoms with Crippen LogP contribution in [0.3, 0.4) is 0 Å². The zero-order valence-corrected chi connectivity index (χ0v) is 16.3. The van der Waals surface area contributed by atoms with Gasteiger partial charge in [-0.3, -0.25) is 0 Å². The Bertz CT molecular complexity index is 1060. The lowest BCUT2D eigenvalue weighted by atomic mass is 10.2. The number of aromatic nitrogens is 2. The molecule has 9 nitrogen and oxygen atoms in total. The minimum absolute atomic E-state index is 0.329. The minimum atomic E-state index is -0.364. The molecule has 154 valence electrons. The van der Waals surface area contributed by atoms with E-state index in [0.29, 0.717) is 54.2 Å². The molecule has 9 heteroatoms. The maximum Gasteiger partial charge on any atom is 0.338 e. The van der Waals surface area contributed by atoms with Crippen LogP contribution < -0.4 is 25.8 Å². The smallest absolute Gasteiger partial charge is 0.338 e. The lowest BCUT2D eigenvalue weighted by Gasteiger charge is -2.19. The summed E-state index contributed by atoms with van der Waals surface area (Å²) in [6.45, 7) is 3.14. The number of benzene rings is 2. The van der Waals surface area contributed by atoms with Crippen LogP contribution in [0.1, 0.15) is 17.3 Å². The molecule has 1 aliphatic rings. The highest BCUT2D eigenvalue weighted by molar-refractivity contribution is 5.90. The highest BCUT2D eigenvalue weighted by Gasteiger charge is 2.14. The number of nitrogen functional groups attached to an aromatic ring is 1. The molecule has 0 unspecified atom stereocenters. The Hall–Kier alpha value is -4.01. The van der Waals surface area contributed by atoms with Gasteiger partial charge in [-0.15, -0.1) is 0 Å². The summed E-state index contributed by atoms with van der Waals surface area (Å²) in [5.74, 6) is 1.90. The van der Waals surface area contributed by atoms with Crippen molar-refractivity contribution in [3.8, 4) is 11.5 Å². The van der Waals surface area contributed by atoms with Crippen LogP contribution >= 0.6 is 0 Å². The van der Waals surface area contributed by atoms with Crippen molar-refractivity contribution >= 4 is 34.7 Å². The maximum absolute atomic E-state index is 11.8. The summed E-state index contributed by atoms with van der Waals surface area (Å²) in [4.78, 5) is 20.2. The van der Waals surface area contributed by atoms with Gasteiger partial charge in [0.25, 0.3) is 0 Å². The summed E-state index contributed by atoms with van der Waals surface area (Å²) in [6, 6.07) is 12.4. The molecule has 0 bridgehead atoms. The molecule has 0 atom stereocenters. The molecule has 0 radical (unpaired) electrons. The van der Waals surface area contributed by atoms with Gasteiger partial charge < -0.3 is 30.6 Å². The molecule has 2 aromatic carbocycles. The summed E-state index contributed by atoms with van der Waals surface area (Å²) in [6.07, 6.45) is 1.41. The van der Waals surface area contributed by atoms with E-state index in [4.69, 9.17) is 19.9 Å². The molecule has 1 aliphatic heterocycles. The first-order chi connectivity index (χ1) is 14.6.